The molecule has 0 spiro atoms. The van der Waals surface area contributed by atoms with Crippen LogP contribution in [0.2, 0.25) is 0 Å². The molecule has 1 aliphatic heterocycles. The van der Waals surface area contributed by atoms with Crippen molar-refractivity contribution in [1.29, 1.82) is 0 Å². The molecule has 0 saturated carbocycles. The normalized spacial score (nSPS) is 16.7. The molecule has 0 aliphatic carbocycles. The monoisotopic (exact) mass is 235 g/mol. The first-order valence-electron chi connectivity index (χ1n) is 5.77. The van der Waals surface area contributed by atoms with Crippen molar-refractivity contribution in [2.45, 2.75) is 12.8 Å². The number of benzene rings is 1. The Labute approximate surface area is 100 Å². The maximum atomic E-state index is 11.7. The lowest BCUT2D eigenvalue weighted by molar-refractivity contribution is -0.182. The van der Waals surface area contributed by atoms with Gasteiger partial charge in [0, 0.05) is 17.9 Å². The fourth-order valence-electron chi connectivity index (χ4n) is 1.70. The van der Waals surface area contributed by atoms with Gasteiger partial charge in [-0.15, -0.1) is 0 Å². The molecule has 1 aliphatic rings. The first-order valence-corrected chi connectivity index (χ1v) is 5.77. The zero-order valence-electron chi connectivity index (χ0n) is 9.69. The van der Waals surface area contributed by atoms with E-state index in [4.69, 9.17) is 10.6 Å². The molecule has 1 heterocycles. The Morgan fingerprint density at radius 2 is 2.12 bits per heavy atom. The maximum Gasteiger partial charge on any atom is 0.240 e. The molecule has 1 amide bonds. The van der Waals surface area contributed by atoms with Crippen LogP contribution in [0.3, 0.4) is 0 Å². The Morgan fingerprint density at radius 3 is 2.76 bits per heavy atom. The molecule has 17 heavy (non-hydrogen) atoms. The number of nitrogen functional groups attached to an aromatic ring is 1. The predicted octanol–water partition coefficient (Wildman–Crippen LogP) is 1.23. The summed E-state index contributed by atoms with van der Waals surface area (Å²) in [7, 11) is 0. The number of hydroxylamine groups is 2. The van der Waals surface area contributed by atoms with E-state index < -0.39 is 0 Å². The molecule has 92 valence electrons. The first kappa shape index (κ1) is 11.9. The fourth-order valence-corrected chi connectivity index (χ4v) is 1.70. The smallest absolute Gasteiger partial charge is 0.240 e. The number of carbonyl (C=O) groups excluding carboxylic acids is 1. The van der Waals surface area contributed by atoms with Crippen LogP contribution in [0.25, 0.3) is 0 Å². The van der Waals surface area contributed by atoms with E-state index in [1.807, 2.05) is 0 Å². The van der Waals surface area contributed by atoms with E-state index in [-0.39, 0.29) is 12.5 Å². The first-order chi connectivity index (χ1) is 8.24. The van der Waals surface area contributed by atoms with Crippen LogP contribution < -0.4 is 11.1 Å². The molecule has 0 unspecified atom stereocenters. The Kier molecular flexibility index (Phi) is 3.95. The van der Waals surface area contributed by atoms with E-state index in [2.05, 4.69) is 5.32 Å². The van der Waals surface area contributed by atoms with E-state index in [9.17, 15) is 4.79 Å². The molecule has 5 heteroatoms. The second-order valence-corrected chi connectivity index (χ2v) is 4.07. The highest BCUT2D eigenvalue weighted by Crippen LogP contribution is 2.11. The van der Waals surface area contributed by atoms with Gasteiger partial charge in [0.15, 0.2) is 0 Å². The highest BCUT2D eigenvalue weighted by Gasteiger charge is 2.14. The van der Waals surface area contributed by atoms with E-state index in [0.717, 1.165) is 25.1 Å². The molecule has 3 N–H and O–H groups in total. The summed E-state index contributed by atoms with van der Waals surface area (Å²) >= 11 is 0. The van der Waals surface area contributed by atoms with Crippen molar-refractivity contribution in [3.63, 3.8) is 0 Å². The predicted molar refractivity (Wildman–Crippen MR) is 66.2 cm³/mol. The van der Waals surface area contributed by atoms with Gasteiger partial charge >= 0.3 is 0 Å². The van der Waals surface area contributed by atoms with Crippen molar-refractivity contribution in [3.8, 4) is 0 Å². The number of anilines is 2. The number of nitrogens with zero attached hydrogens (tertiary/aromatic N) is 1. The van der Waals surface area contributed by atoms with Crippen LogP contribution in [0, 0.1) is 0 Å². The molecule has 1 aromatic carbocycles. The third-order valence-electron chi connectivity index (χ3n) is 2.59. The minimum Gasteiger partial charge on any atom is -0.399 e. The van der Waals surface area contributed by atoms with Crippen molar-refractivity contribution >= 4 is 17.3 Å². The summed E-state index contributed by atoms with van der Waals surface area (Å²) in [5.41, 5.74) is 7.00. The summed E-state index contributed by atoms with van der Waals surface area (Å²) in [5.74, 6) is -0.0725. The maximum absolute atomic E-state index is 11.7. The van der Waals surface area contributed by atoms with E-state index >= 15 is 0 Å². The van der Waals surface area contributed by atoms with E-state index in [1.54, 1.807) is 29.3 Å². The Hall–Kier alpha value is -1.59. The minimum atomic E-state index is -0.0725. The van der Waals surface area contributed by atoms with Crippen LogP contribution in [0.5, 0.6) is 0 Å². The molecular weight excluding hydrogens is 218 g/mol. The Morgan fingerprint density at radius 1 is 1.35 bits per heavy atom. The molecule has 2 rings (SSSR count). The second-order valence-electron chi connectivity index (χ2n) is 4.07. The molecular formula is C12H17N3O2. The Balaban J connectivity index is 1.82. The number of carbonyl (C=O) groups is 1. The van der Waals surface area contributed by atoms with Crippen LogP contribution in [0.15, 0.2) is 24.3 Å². The van der Waals surface area contributed by atoms with Crippen molar-refractivity contribution < 1.29 is 9.63 Å². The van der Waals surface area contributed by atoms with Crippen LogP contribution in [0.1, 0.15) is 12.8 Å². The second kappa shape index (κ2) is 5.65. The van der Waals surface area contributed by atoms with Crippen LogP contribution in [-0.2, 0) is 9.63 Å². The molecule has 5 nitrogen and oxygen atoms in total. The summed E-state index contributed by atoms with van der Waals surface area (Å²) < 4.78 is 0. The van der Waals surface area contributed by atoms with Gasteiger partial charge in [-0.05, 0) is 37.1 Å². The van der Waals surface area contributed by atoms with Crippen molar-refractivity contribution in [2.75, 3.05) is 30.7 Å². The molecule has 1 fully saturated rings. The molecule has 0 radical (unpaired) electrons. The van der Waals surface area contributed by atoms with Gasteiger partial charge in [-0.1, -0.05) is 0 Å². The van der Waals surface area contributed by atoms with Gasteiger partial charge in [-0.25, -0.2) is 0 Å². The standard InChI is InChI=1S/C12H17N3O2/c13-10-3-5-11(6-4-10)14-12(16)9-15-7-1-2-8-17-15/h3-6H,1-2,7-9,13H2,(H,14,16). The lowest BCUT2D eigenvalue weighted by Gasteiger charge is -2.25. The highest BCUT2D eigenvalue weighted by molar-refractivity contribution is 5.92. The zero-order chi connectivity index (χ0) is 12.1. The fraction of sp³-hybridized carbons (Fsp3) is 0.417. The van der Waals surface area contributed by atoms with Gasteiger partial charge < -0.3 is 11.1 Å². The number of amides is 1. The lowest BCUT2D eigenvalue weighted by atomic mass is 10.3. The van der Waals surface area contributed by atoms with Gasteiger partial charge in [0.1, 0.15) is 6.54 Å². The molecule has 0 bridgehead atoms. The van der Waals surface area contributed by atoms with Gasteiger partial charge in [0.05, 0.1) is 6.61 Å². The molecule has 0 aromatic heterocycles. The third-order valence-corrected chi connectivity index (χ3v) is 2.59. The molecule has 1 saturated heterocycles. The van der Waals surface area contributed by atoms with Gasteiger partial charge in [0.25, 0.3) is 0 Å². The lowest BCUT2D eigenvalue weighted by Crippen LogP contribution is -2.36. The average molecular weight is 235 g/mol. The van der Waals surface area contributed by atoms with Gasteiger partial charge in [-0.3, -0.25) is 9.63 Å². The van der Waals surface area contributed by atoms with E-state index in [1.165, 1.54) is 0 Å². The van der Waals surface area contributed by atoms with Crippen molar-refractivity contribution in [3.05, 3.63) is 24.3 Å². The SMILES string of the molecule is Nc1ccc(NC(=O)CN2CCCCO2)cc1. The topological polar surface area (TPSA) is 67.6 Å². The average Bonchev–Trinajstić information content (AvgIpc) is 2.33. The summed E-state index contributed by atoms with van der Waals surface area (Å²) in [4.78, 5) is 17.1. The van der Waals surface area contributed by atoms with Crippen LogP contribution in [0.4, 0.5) is 11.4 Å². The number of nitrogens with one attached hydrogen (secondary N) is 1. The minimum absolute atomic E-state index is 0.0725. The van der Waals surface area contributed by atoms with Crippen molar-refractivity contribution in [2.24, 2.45) is 0 Å². The van der Waals surface area contributed by atoms with Crippen LogP contribution in [-0.4, -0.2) is 30.7 Å². The number of nitrogens with two attached hydrogens (primary N) is 1. The molecule has 0 atom stereocenters. The molecule has 1 aromatic rings. The summed E-state index contributed by atoms with van der Waals surface area (Å²) in [6.45, 7) is 1.79. The highest BCUT2D eigenvalue weighted by atomic mass is 16.7. The summed E-state index contributed by atoms with van der Waals surface area (Å²) in [5, 5.41) is 4.50. The van der Waals surface area contributed by atoms with Crippen LogP contribution >= 0.6 is 0 Å². The van der Waals surface area contributed by atoms with E-state index in [0.29, 0.717) is 12.3 Å². The zero-order valence-corrected chi connectivity index (χ0v) is 9.69. The number of rotatable bonds is 3. The summed E-state index contributed by atoms with van der Waals surface area (Å²) in [6.07, 6.45) is 2.14. The number of hydrogen-bond donors (Lipinski definition) is 2. The van der Waals surface area contributed by atoms with Gasteiger partial charge in [0.2, 0.25) is 5.91 Å². The van der Waals surface area contributed by atoms with Crippen molar-refractivity contribution in [1.82, 2.24) is 5.06 Å². The quantitative estimate of drug-likeness (QED) is 0.773. The van der Waals surface area contributed by atoms with Gasteiger partial charge in [-0.2, -0.15) is 5.06 Å². The summed E-state index contributed by atoms with van der Waals surface area (Å²) in [6, 6.07) is 7.08. The Bertz CT molecular complexity index is 372. The number of hydrogen-bond acceptors (Lipinski definition) is 4. The third kappa shape index (κ3) is 3.72. The largest absolute Gasteiger partial charge is 0.399 e.